The van der Waals surface area contributed by atoms with Crippen molar-refractivity contribution in [3.63, 3.8) is 0 Å². The Hall–Kier alpha value is -1.13. The van der Waals surface area contributed by atoms with Crippen LogP contribution in [0.4, 0.5) is 0 Å². The number of hydrogen-bond acceptors (Lipinski definition) is 3. The van der Waals surface area contributed by atoms with E-state index in [4.69, 9.17) is 0 Å². The summed E-state index contributed by atoms with van der Waals surface area (Å²) in [5.41, 5.74) is 4.22. The normalized spacial score (nSPS) is 36.3. The third-order valence-electron chi connectivity index (χ3n) is 8.62. The molecule has 0 aromatic rings. The Morgan fingerprint density at radius 2 is 1.90 bits per heavy atom. The molecule has 3 saturated carbocycles. The molecule has 3 aliphatic rings. The molecule has 1 N–H and O–H groups in total. The van der Waals surface area contributed by atoms with Crippen molar-refractivity contribution in [3.8, 4) is 0 Å². The van der Waals surface area contributed by atoms with Crippen molar-refractivity contribution in [2.75, 3.05) is 6.26 Å². The van der Waals surface area contributed by atoms with Gasteiger partial charge in [0, 0.05) is 6.26 Å². The lowest BCUT2D eigenvalue weighted by Crippen LogP contribution is -2.36. The van der Waals surface area contributed by atoms with E-state index in [2.05, 4.69) is 38.7 Å². The summed E-state index contributed by atoms with van der Waals surface area (Å²) in [6.07, 6.45) is 18.2. The number of aliphatic hydroxyl groups excluding tert-OH is 1. The van der Waals surface area contributed by atoms with Gasteiger partial charge in [-0.15, -0.1) is 0 Å². The van der Waals surface area contributed by atoms with Gasteiger partial charge in [-0.1, -0.05) is 55.9 Å². The maximum absolute atomic E-state index is 12.1. The van der Waals surface area contributed by atoms with Gasteiger partial charge in [-0.2, -0.15) is 0 Å². The van der Waals surface area contributed by atoms with Gasteiger partial charge in [0.1, 0.15) is 0 Å². The molecule has 0 spiro atoms. The van der Waals surface area contributed by atoms with Crippen LogP contribution in [0.1, 0.15) is 79.1 Å². The van der Waals surface area contributed by atoms with Crippen LogP contribution in [0.5, 0.6) is 0 Å². The lowest BCUT2D eigenvalue weighted by Gasteiger charge is -2.44. The summed E-state index contributed by atoms with van der Waals surface area (Å²) in [4.78, 5) is 0. The molecule has 31 heavy (non-hydrogen) atoms. The summed E-state index contributed by atoms with van der Waals surface area (Å²) >= 11 is 0. The largest absolute Gasteiger partial charge is 0.393 e. The molecular weight excluding hydrogens is 404 g/mol. The fourth-order valence-electron chi connectivity index (χ4n) is 6.18. The minimum absolute atomic E-state index is 0.230. The summed E-state index contributed by atoms with van der Waals surface area (Å²) in [6, 6.07) is 0. The molecule has 3 fully saturated rings. The molecule has 0 bridgehead atoms. The van der Waals surface area contributed by atoms with Gasteiger partial charge in [0.15, 0.2) is 9.84 Å². The van der Waals surface area contributed by atoms with Gasteiger partial charge >= 0.3 is 0 Å². The Labute approximate surface area is 190 Å². The topological polar surface area (TPSA) is 54.4 Å². The van der Waals surface area contributed by atoms with E-state index in [1.807, 2.05) is 6.08 Å². The molecule has 5 unspecified atom stereocenters. The highest BCUT2D eigenvalue weighted by atomic mass is 32.2. The van der Waals surface area contributed by atoms with Crippen LogP contribution in [0.3, 0.4) is 0 Å². The van der Waals surface area contributed by atoms with E-state index < -0.39 is 14.6 Å². The fraction of sp³-hybridized carbons (Fsp3) is 0.704. The second-order valence-corrected chi connectivity index (χ2v) is 13.7. The molecule has 174 valence electrons. The zero-order valence-corrected chi connectivity index (χ0v) is 21.0. The molecule has 0 amide bonds. The van der Waals surface area contributed by atoms with Crippen LogP contribution in [-0.2, 0) is 9.84 Å². The van der Waals surface area contributed by atoms with E-state index in [0.717, 1.165) is 25.7 Å². The van der Waals surface area contributed by atoms with Crippen molar-refractivity contribution in [1.82, 2.24) is 0 Å². The van der Waals surface area contributed by atoms with E-state index in [0.29, 0.717) is 17.8 Å². The van der Waals surface area contributed by atoms with Crippen LogP contribution in [0.15, 0.2) is 47.6 Å². The molecule has 4 heteroatoms. The third kappa shape index (κ3) is 5.11. The zero-order valence-electron chi connectivity index (χ0n) is 20.2. The van der Waals surface area contributed by atoms with Crippen molar-refractivity contribution in [2.45, 2.75) is 89.9 Å². The van der Waals surface area contributed by atoms with E-state index in [1.165, 1.54) is 43.1 Å². The molecular formula is C27H42O3S. The van der Waals surface area contributed by atoms with Gasteiger partial charge in [-0.3, -0.25) is 0 Å². The third-order valence-corrected chi connectivity index (χ3v) is 10.7. The summed E-state index contributed by atoms with van der Waals surface area (Å²) in [6.45, 7) is 12.5. The molecule has 0 radical (unpaired) electrons. The predicted molar refractivity (Wildman–Crippen MR) is 131 cm³/mol. The number of fused-ring (bicyclic) bond motifs is 1. The monoisotopic (exact) mass is 446 g/mol. The average molecular weight is 447 g/mol. The highest BCUT2D eigenvalue weighted by Gasteiger charge is 2.50. The van der Waals surface area contributed by atoms with Crippen molar-refractivity contribution in [2.24, 2.45) is 23.2 Å². The van der Waals surface area contributed by atoms with Crippen molar-refractivity contribution in [1.29, 1.82) is 0 Å². The number of hydrogen-bond donors (Lipinski definition) is 1. The van der Waals surface area contributed by atoms with E-state index in [-0.39, 0.29) is 11.5 Å². The molecule has 3 rings (SSSR count). The van der Waals surface area contributed by atoms with Crippen LogP contribution >= 0.6 is 0 Å². The quantitative estimate of drug-likeness (QED) is 0.514. The number of aliphatic hydroxyl groups is 1. The SMILES string of the molecule is C=C1CCC(O)C/C1=C/C=C1\CCCC2(C)C1CCC2C(C)/C=C/C(C)(C)S(C)(=O)=O. The number of allylic oxidation sites excluding steroid dienone is 5. The maximum atomic E-state index is 12.1. The van der Waals surface area contributed by atoms with E-state index in [9.17, 15) is 13.5 Å². The van der Waals surface area contributed by atoms with Crippen LogP contribution < -0.4 is 0 Å². The second kappa shape index (κ2) is 9.02. The Balaban J connectivity index is 1.78. The molecule has 3 aliphatic carbocycles. The summed E-state index contributed by atoms with van der Waals surface area (Å²) in [7, 11) is -3.12. The predicted octanol–water partition coefficient (Wildman–Crippen LogP) is 6.17. The second-order valence-electron chi connectivity index (χ2n) is 11.1. The zero-order chi connectivity index (χ0) is 23.0. The van der Waals surface area contributed by atoms with Crippen LogP contribution in [0.25, 0.3) is 0 Å². The van der Waals surface area contributed by atoms with Gasteiger partial charge in [-0.05, 0) is 94.0 Å². The Morgan fingerprint density at radius 3 is 2.58 bits per heavy atom. The van der Waals surface area contributed by atoms with Gasteiger partial charge in [0.2, 0.25) is 0 Å². The molecule has 3 nitrogen and oxygen atoms in total. The highest BCUT2D eigenvalue weighted by Crippen LogP contribution is 2.59. The average Bonchev–Trinajstić information content (AvgIpc) is 3.03. The Kier molecular flexibility index (Phi) is 7.13. The van der Waals surface area contributed by atoms with Crippen molar-refractivity contribution in [3.05, 3.63) is 47.6 Å². The van der Waals surface area contributed by atoms with Gasteiger partial charge in [0.05, 0.1) is 10.9 Å². The number of rotatable bonds is 5. The first-order valence-corrected chi connectivity index (χ1v) is 13.9. The fourth-order valence-corrected chi connectivity index (χ4v) is 6.51. The molecule has 0 saturated heterocycles. The maximum Gasteiger partial charge on any atom is 0.156 e. The molecule has 0 aromatic heterocycles. The van der Waals surface area contributed by atoms with E-state index >= 15 is 0 Å². The van der Waals surface area contributed by atoms with Crippen LogP contribution in [-0.4, -0.2) is 30.6 Å². The Morgan fingerprint density at radius 1 is 1.19 bits per heavy atom. The lowest BCUT2D eigenvalue weighted by molar-refractivity contribution is 0.112. The standard InChI is InChI=1S/C27H42O3S/c1-19-9-12-23(28)18-22(19)11-10-21-8-7-16-27(5)24(13-14-25(21)27)20(2)15-17-26(3,4)31(6,29)30/h10-11,15,17,20,23-25,28H,1,7-9,12-14,16,18H2,2-6H3/b17-15+,21-10+,22-11-. The van der Waals surface area contributed by atoms with Gasteiger partial charge in [0.25, 0.3) is 0 Å². The first kappa shape index (κ1) is 24.5. The van der Waals surface area contributed by atoms with Crippen LogP contribution in [0, 0.1) is 23.2 Å². The molecule has 0 aliphatic heterocycles. The van der Waals surface area contributed by atoms with Crippen molar-refractivity contribution >= 4 is 9.84 Å². The highest BCUT2D eigenvalue weighted by molar-refractivity contribution is 7.92. The number of sulfone groups is 1. The first-order chi connectivity index (χ1) is 14.3. The minimum atomic E-state index is -3.12. The minimum Gasteiger partial charge on any atom is -0.393 e. The van der Waals surface area contributed by atoms with Crippen molar-refractivity contribution < 1.29 is 13.5 Å². The first-order valence-electron chi connectivity index (χ1n) is 12.0. The summed E-state index contributed by atoms with van der Waals surface area (Å²) < 4.78 is 23.3. The summed E-state index contributed by atoms with van der Waals surface area (Å²) in [5.74, 6) is 1.54. The van der Waals surface area contributed by atoms with E-state index in [1.54, 1.807) is 19.4 Å². The molecule has 0 heterocycles. The smallest absolute Gasteiger partial charge is 0.156 e. The molecule has 0 aromatic carbocycles. The van der Waals surface area contributed by atoms with Gasteiger partial charge < -0.3 is 5.11 Å². The lowest BCUT2D eigenvalue weighted by atomic mass is 9.61. The van der Waals surface area contributed by atoms with Gasteiger partial charge in [-0.25, -0.2) is 8.42 Å². The summed E-state index contributed by atoms with van der Waals surface area (Å²) in [5, 5.41) is 10.0. The Bertz CT molecular complexity index is 889. The molecule has 5 atom stereocenters. The van der Waals surface area contributed by atoms with Crippen LogP contribution in [0.2, 0.25) is 0 Å².